The molecule has 3 aromatic carbocycles. The van der Waals surface area contributed by atoms with Crippen LogP contribution in [0.15, 0.2) is 91.1 Å². The molecule has 1 atom stereocenters. The molecule has 0 amide bonds. The van der Waals surface area contributed by atoms with Crippen molar-refractivity contribution in [3.05, 3.63) is 114 Å². The van der Waals surface area contributed by atoms with Crippen LogP contribution >= 0.6 is 0 Å². The average molecular weight is 596 g/mol. The number of nitrogens with one attached hydrogen (secondary N) is 1. The first-order valence-electron chi connectivity index (χ1n) is 13.5. The first-order valence-corrected chi connectivity index (χ1v) is 13.5. The number of rotatable bonds is 8. The molecule has 43 heavy (non-hydrogen) atoms. The van der Waals surface area contributed by atoms with Crippen molar-refractivity contribution in [2.24, 2.45) is 0 Å². The Morgan fingerprint density at radius 2 is 1.53 bits per heavy atom. The largest absolute Gasteiger partial charge is 0.418 e. The van der Waals surface area contributed by atoms with Crippen molar-refractivity contribution in [2.45, 2.75) is 38.3 Å². The smallest absolute Gasteiger partial charge is 0.340 e. The van der Waals surface area contributed by atoms with Crippen molar-refractivity contribution in [3.8, 4) is 11.3 Å². The highest BCUT2D eigenvalue weighted by Gasteiger charge is 2.34. The molecule has 1 unspecified atom stereocenters. The van der Waals surface area contributed by atoms with Gasteiger partial charge in [0.05, 0.1) is 28.9 Å². The van der Waals surface area contributed by atoms with E-state index in [1.807, 2.05) is 37.4 Å². The summed E-state index contributed by atoms with van der Waals surface area (Å²) in [5.74, 6) is 0.692. The molecule has 11 heteroatoms. The van der Waals surface area contributed by atoms with Crippen molar-refractivity contribution in [3.63, 3.8) is 0 Å². The van der Waals surface area contributed by atoms with Gasteiger partial charge in [-0.05, 0) is 67.6 Å². The Labute approximate surface area is 244 Å². The number of hydrogen-bond acceptors (Lipinski definition) is 5. The van der Waals surface area contributed by atoms with Gasteiger partial charge in [-0.2, -0.15) is 26.3 Å². The maximum absolute atomic E-state index is 13.8. The van der Waals surface area contributed by atoms with Crippen LogP contribution in [0.4, 0.5) is 37.8 Å². The fraction of sp³-hybridized carbons (Fsp3) is 0.219. The van der Waals surface area contributed by atoms with Crippen LogP contribution in [0.5, 0.6) is 0 Å². The van der Waals surface area contributed by atoms with Crippen molar-refractivity contribution in [1.82, 2.24) is 19.9 Å². The van der Waals surface area contributed by atoms with E-state index in [1.54, 1.807) is 6.07 Å². The predicted octanol–water partition coefficient (Wildman–Crippen LogP) is 9.06. The van der Waals surface area contributed by atoms with Gasteiger partial charge in [0.15, 0.2) is 0 Å². The Morgan fingerprint density at radius 1 is 0.814 bits per heavy atom. The summed E-state index contributed by atoms with van der Waals surface area (Å²) in [7, 11) is 1.93. The van der Waals surface area contributed by atoms with Crippen molar-refractivity contribution >= 4 is 22.4 Å². The SMILES string of the molecule is CCC(c1ccccc1)N(C)Cc1nc(Nc2ccc(C(F)(F)F)cc2)c2ccc(-c3ncccc3C(F)(F)F)cc2n1. The van der Waals surface area contributed by atoms with Crippen LogP contribution in [0.1, 0.15) is 41.9 Å². The van der Waals surface area contributed by atoms with Gasteiger partial charge in [0, 0.05) is 28.9 Å². The molecule has 5 aromatic rings. The fourth-order valence-electron chi connectivity index (χ4n) is 5.04. The average Bonchev–Trinajstić information content (AvgIpc) is 2.97. The van der Waals surface area contributed by atoms with Gasteiger partial charge in [-0.15, -0.1) is 0 Å². The Kier molecular flexibility index (Phi) is 8.36. The van der Waals surface area contributed by atoms with Gasteiger partial charge < -0.3 is 5.32 Å². The summed E-state index contributed by atoms with van der Waals surface area (Å²) in [5, 5.41) is 3.56. The molecule has 2 heterocycles. The van der Waals surface area contributed by atoms with Gasteiger partial charge in [-0.25, -0.2) is 9.97 Å². The highest BCUT2D eigenvalue weighted by atomic mass is 19.4. The molecular formula is C32H27F6N5. The molecular weight excluding hydrogens is 568 g/mol. The minimum Gasteiger partial charge on any atom is -0.340 e. The summed E-state index contributed by atoms with van der Waals surface area (Å²) in [4.78, 5) is 15.5. The molecule has 0 aliphatic carbocycles. The molecule has 0 bridgehead atoms. The maximum Gasteiger partial charge on any atom is 0.418 e. The number of anilines is 2. The summed E-state index contributed by atoms with van der Waals surface area (Å²) >= 11 is 0. The quantitative estimate of drug-likeness (QED) is 0.181. The van der Waals surface area contributed by atoms with Gasteiger partial charge in [0.1, 0.15) is 11.6 Å². The Morgan fingerprint density at radius 3 is 2.19 bits per heavy atom. The van der Waals surface area contributed by atoms with Crippen molar-refractivity contribution in [1.29, 1.82) is 0 Å². The summed E-state index contributed by atoms with van der Waals surface area (Å²) in [6.07, 6.45) is -7.00. The number of aromatic nitrogens is 3. The first-order chi connectivity index (χ1) is 20.4. The van der Waals surface area contributed by atoms with Gasteiger partial charge in [-0.3, -0.25) is 9.88 Å². The number of nitrogens with zero attached hydrogens (tertiary/aromatic N) is 4. The number of alkyl halides is 6. The van der Waals surface area contributed by atoms with Crippen LogP contribution in [0, 0.1) is 0 Å². The minimum atomic E-state index is -4.61. The lowest BCUT2D eigenvalue weighted by atomic mass is 10.0. The van der Waals surface area contributed by atoms with Crippen LogP contribution in [-0.4, -0.2) is 26.9 Å². The van der Waals surface area contributed by atoms with E-state index in [2.05, 4.69) is 22.1 Å². The van der Waals surface area contributed by atoms with Gasteiger partial charge >= 0.3 is 12.4 Å². The lowest BCUT2D eigenvalue weighted by molar-refractivity contribution is -0.138. The Bertz CT molecular complexity index is 1700. The normalized spacial score (nSPS) is 13.0. The van der Waals surface area contributed by atoms with Crippen molar-refractivity contribution in [2.75, 3.05) is 12.4 Å². The maximum atomic E-state index is 13.8. The monoisotopic (exact) mass is 595 g/mol. The molecule has 0 saturated carbocycles. The lowest BCUT2D eigenvalue weighted by Crippen LogP contribution is -2.25. The minimum absolute atomic E-state index is 0.0426. The van der Waals surface area contributed by atoms with E-state index in [0.29, 0.717) is 34.8 Å². The molecule has 0 aliphatic rings. The zero-order valence-electron chi connectivity index (χ0n) is 23.2. The molecule has 0 saturated heterocycles. The first kappa shape index (κ1) is 30.0. The molecule has 0 aliphatic heterocycles. The van der Waals surface area contributed by atoms with Crippen LogP contribution in [-0.2, 0) is 18.9 Å². The molecule has 0 spiro atoms. The third kappa shape index (κ3) is 6.77. The lowest BCUT2D eigenvalue weighted by Gasteiger charge is -2.27. The number of halogens is 6. The highest BCUT2D eigenvalue weighted by molar-refractivity contribution is 5.93. The molecule has 1 N–H and O–H groups in total. The second-order valence-corrected chi connectivity index (χ2v) is 10.1. The van der Waals surface area contributed by atoms with Gasteiger partial charge in [-0.1, -0.05) is 43.3 Å². The van der Waals surface area contributed by atoms with Gasteiger partial charge in [0.25, 0.3) is 0 Å². The number of pyridine rings is 1. The van der Waals surface area contributed by atoms with E-state index in [-0.39, 0.29) is 17.3 Å². The van der Waals surface area contributed by atoms with E-state index in [4.69, 9.17) is 9.97 Å². The van der Waals surface area contributed by atoms with Gasteiger partial charge in [0.2, 0.25) is 0 Å². The standard InChI is InChI=1S/C32H27F6N5/c1-3-27(20-8-5-4-6-9-20)43(2)19-28-41-26-18-21(29-25(32(36,37)38)10-7-17-39-29)11-16-24(26)30(42-28)40-23-14-12-22(13-15-23)31(33,34)35/h4-18,27H,3,19H2,1-2H3,(H,40,41,42). The summed E-state index contributed by atoms with van der Waals surface area (Å²) in [6, 6.07) is 21.3. The topological polar surface area (TPSA) is 53.9 Å². The van der Waals surface area contributed by atoms with E-state index in [1.165, 1.54) is 36.5 Å². The Balaban J connectivity index is 1.58. The Hall–Kier alpha value is -4.51. The van der Waals surface area contributed by atoms with E-state index in [0.717, 1.165) is 30.2 Å². The van der Waals surface area contributed by atoms with E-state index < -0.39 is 23.5 Å². The number of benzene rings is 3. The molecule has 0 radical (unpaired) electrons. The molecule has 222 valence electrons. The molecule has 5 rings (SSSR count). The van der Waals surface area contributed by atoms with Crippen molar-refractivity contribution < 1.29 is 26.3 Å². The van der Waals surface area contributed by atoms with Crippen LogP contribution in [0.3, 0.4) is 0 Å². The third-order valence-electron chi connectivity index (χ3n) is 7.10. The highest BCUT2D eigenvalue weighted by Crippen LogP contribution is 2.37. The predicted molar refractivity (Wildman–Crippen MR) is 153 cm³/mol. The molecule has 0 fully saturated rings. The summed E-state index contributed by atoms with van der Waals surface area (Å²) < 4.78 is 80.6. The van der Waals surface area contributed by atoms with E-state index >= 15 is 0 Å². The number of fused-ring (bicyclic) bond motifs is 1. The van der Waals surface area contributed by atoms with E-state index in [9.17, 15) is 26.3 Å². The third-order valence-corrected chi connectivity index (χ3v) is 7.10. The second-order valence-electron chi connectivity index (χ2n) is 10.1. The second kappa shape index (κ2) is 12.0. The zero-order chi connectivity index (χ0) is 30.8. The van der Waals surface area contributed by atoms with Crippen LogP contribution < -0.4 is 5.32 Å². The summed E-state index contributed by atoms with van der Waals surface area (Å²) in [6.45, 7) is 2.36. The summed E-state index contributed by atoms with van der Waals surface area (Å²) in [5.41, 5.74) is 0.137. The molecule has 2 aromatic heterocycles. The molecule has 5 nitrogen and oxygen atoms in total. The van der Waals surface area contributed by atoms with Crippen LogP contribution in [0.25, 0.3) is 22.2 Å². The van der Waals surface area contributed by atoms with Crippen LogP contribution in [0.2, 0.25) is 0 Å². The fourth-order valence-corrected chi connectivity index (χ4v) is 5.04. The zero-order valence-corrected chi connectivity index (χ0v) is 23.2. The number of hydrogen-bond donors (Lipinski definition) is 1.